The zero-order valence-electron chi connectivity index (χ0n) is 14.5. The van der Waals surface area contributed by atoms with E-state index in [4.69, 9.17) is 0 Å². The van der Waals surface area contributed by atoms with Gasteiger partial charge in [0.2, 0.25) is 5.91 Å². The lowest BCUT2D eigenvalue weighted by atomic mass is 10.1. The number of aromatic hydroxyl groups is 1. The van der Waals surface area contributed by atoms with Crippen LogP contribution in [-0.2, 0) is 27.5 Å². The molecule has 0 saturated heterocycles. The first-order valence-electron chi connectivity index (χ1n) is 8.49. The van der Waals surface area contributed by atoms with Crippen LogP contribution in [0.15, 0.2) is 46.2 Å². The number of nitrogens with one attached hydrogen (secondary N) is 1. The summed E-state index contributed by atoms with van der Waals surface area (Å²) in [6, 6.07) is 10.2. The van der Waals surface area contributed by atoms with Gasteiger partial charge in [-0.25, -0.2) is 8.42 Å². The van der Waals surface area contributed by atoms with Gasteiger partial charge in [-0.3, -0.25) is 4.79 Å². The zero-order chi connectivity index (χ0) is 18.7. The van der Waals surface area contributed by atoms with Crippen molar-refractivity contribution in [2.45, 2.75) is 36.0 Å². The highest BCUT2D eigenvalue weighted by Crippen LogP contribution is 2.29. The fourth-order valence-electron chi connectivity index (χ4n) is 2.95. The van der Waals surface area contributed by atoms with Gasteiger partial charge in [-0.1, -0.05) is 13.0 Å². The molecule has 0 heterocycles. The molecular formula is C19H21NO4S2. The second kappa shape index (κ2) is 7.72. The number of fused-ring (bicyclic) bond motifs is 1. The number of hydrogen-bond acceptors (Lipinski definition) is 5. The Balaban J connectivity index is 1.65. The van der Waals surface area contributed by atoms with Crippen molar-refractivity contribution >= 4 is 33.2 Å². The lowest BCUT2D eigenvalue weighted by Crippen LogP contribution is -2.15. The maximum atomic E-state index is 12.2. The molecule has 0 aliphatic heterocycles. The van der Waals surface area contributed by atoms with Crippen molar-refractivity contribution in [3.8, 4) is 5.75 Å². The molecule has 0 bridgehead atoms. The lowest BCUT2D eigenvalue weighted by molar-refractivity contribution is -0.113. The topological polar surface area (TPSA) is 83.5 Å². The first-order chi connectivity index (χ1) is 12.4. The van der Waals surface area contributed by atoms with Crippen molar-refractivity contribution in [2.75, 3.05) is 16.8 Å². The van der Waals surface area contributed by atoms with Gasteiger partial charge in [0.15, 0.2) is 9.84 Å². The fraction of sp³-hybridized carbons (Fsp3) is 0.316. The third-order valence-corrected chi connectivity index (χ3v) is 7.15. The third kappa shape index (κ3) is 4.22. The Kier molecular flexibility index (Phi) is 5.58. The highest BCUT2D eigenvalue weighted by molar-refractivity contribution is 8.00. The summed E-state index contributed by atoms with van der Waals surface area (Å²) in [7, 11) is -3.40. The number of amides is 1. The van der Waals surface area contributed by atoms with Crippen LogP contribution in [0.4, 0.5) is 5.69 Å². The van der Waals surface area contributed by atoms with Gasteiger partial charge in [-0.15, -0.1) is 11.8 Å². The number of thioether (sulfide) groups is 1. The van der Waals surface area contributed by atoms with E-state index in [1.807, 2.05) is 6.07 Å². The number of carbonyl (C=O) groups excluding carboxylic acids is 1. The van der Waals surface area contributed by atoms with Crippen LogP contribution in [0.3, 0.4) is 0 Å². The van der Waals surface area contributed by atoms with Crippen molar-refractivity contribution in [3.05, 3.63) is 47.5 Å². The lowest BCUT2D eigenvalue weighted by Gasteiger charge is -2.10. The summed E-state index contributed by atoms with van der Waals surface area (Å²) in [6.45, 7) is 1.55. The molecule has 0 unspecified atom stereocenters. The summed E-state index contributed by atoms with van der Waals surface area (Å²) in [5.41, 5.74) is 2.85. The molecule has 2 aromatic carbocycles. The van der Waals surface area contributed by atoms with Crippen LogP contribution < -0.4 is 5.32 Å². The SMILES string of the molecule is CCS(=O)(=O)c1ccc(O)c(NC(=O)CSc2ccc3c(c2)CCC3)c1. The Bertz CT molecular complexity index is 939. The number of benzene rings is 2. The van der Waals surface area contributed by atoms with E-state index in [-0.39, 0.29) is 33.7 Å². The van der Waals surface area contributed by atoms with Gasteiger partial charge in [0.25, 0.3) is 0 Å². The van der Waals surface area contributed by atoms with E-state index >= 15 is 0 Å². The Labute approximate surface area is 157 Å². The van der Waals surface area contributed by atoms with Crippen LogP contribution in [0.5, 0.6) is 5.75 Å². The van der Waals surface area contributed by atoms with E-state index in [9.17, 15) is 18.3 Å². The van der Waals surface area contributed by atoms with Crippen LogP contribution in [0, 0.1) is 0 Å². The van der Waals surface area contributed by atoms with E-state index in [0.29, 0.717) is 0 Å². The molecule has 0 spiro atoms. The number of phenols is 1. The van der Waals surface area contributed by atoms with Gasteiger partial charge in [0, 0.05) is 4.90 Å². The third-order valence-electron chi connectivity index (χ3n) is 4.42. The number of rotatable bonds is 6. The fourth-order valence-corrected chi connectivity index (χ4v) is 4.61. The van der Waals surface area contributed by atoms with E-state index < -0.39 is 9.84 Å². The first-order valence-corrected chi connectivity index (χ1v) is 11.1. The quantitative estimate of drug-likeness (QED) is 0.582. The number of carbonyl (C=O) groups is 1. The summed E-state index contributed by atoms with van der Waals surface area (Å²) in [5, 5.41) is 12.5. The molecule has 0 fully saturated rings. The van der Waals surface area contributed by atoms with Gasteiger partial charge in [0.05, 0.1) is 22.1 Å². The molecule has 0 aromatic heterocycles. The molecule has 0 saturated carbocycles. The van der Waals surface area contributed by atoms with Crippen LogP contribution in [0.25, 0.3) is 0 Å². The van der Waals surface area contributed by atoms with Crippen molar-refractivity contribution in [2.24, 2.45) is 0 Å². The van der Waals surface area contributed by atoms with Crippen molar-refractivity contribution in [1.82, 2.24) is 0 Å². The molecule has 26 heavy (non-hydrogen) atoms. The van der Waals surface area contributed by atoms with Crippen LogP contribution in [0.2, 0.25) is 0 Å². The summed E-state index contributed by atoms with van der Waals surface area (Å²) >= 11 is 1.42. The molecule has 2 N–H and O–H groups in total. The minimum absolute atomic E-state index is 0.0423. The molecule has 7 heteroatoms. The molecule has 0 atom stereocenters. The summed E-state index contributed by atoms with van der Waals surface area (Å²) in [5.74, 6) is -0.310. The Hall–Kier alpha value is -1.99. The standard InChI is InChI=1S/C19H21NO4S2/c1-2-26(23,24)16-8-9-18(21)17(11-16)20-19(22)12-25-15-7-6-13-4-3-5-14(13)10-15/h6-11,21H,2-5,12H2,1H3,(H,20,22). The zero-order valence-corrected chi connectivity index (χ0v) is 16.1. The Morgan fingerprint density at radius 3 is 2.69 bits per heavy atom. The van der Waals surface area contributed by atoms with Gasteiger partial charge < -0.3 is 10.4 Å². The van der Waals surface area contributed by atoms with E-state index in [1.54, 1.807) is 6.92 Å². The average Bonchev–Trinajstić information content (AvgIpc) is 3.09. The highest BCUT2D eigenvalue weighted by atomic mass is 32.2. The van der Waals surface area contributed by atoms with Crippen LogP contribution >= 0.6 is 11.8 Å². The largest absolute Gasteiger partial charge is 0.506 e. The molecule has 138 valence electrons. The Morgan fingerprint density at radius 1 is 1.15 bits per heavy atom. The molecule has 1 aliphatic carbocycles. The number of hydrogen-bond donors (Lipinski definition) is 2. The van der Waals surface area contributed by atoms with E-state index in [2.05, 4.69) is 17.4 Å². The number of aryl methyl sites for hydroxylation is 2. The molecule has 0 radical (unpaired) electrons. The van der Waals surface area contributed by atoms with E-state index in [1.165, 1.54) is 47.5 Å². The smallest absolute Gasteiger partial charge is 0.234 e. The van der Waals surface area contributed by atoms with Crippen molar-refractivity contribution in [3.63, 3.8) is 0 Å². The molecule has 1 aliphatic rings. The van der Waals surface area contributed by atoms with Crippen molar-refractivity contribution in [1.29, 1.82) is 0 Å². The average molecular weight is 392 g/mol. The van der Waals surface area contributed by atoms with Crippen molar-refractivity contribution < 1.29 is 18.3 Å². The molecule has 3 rings (SSSR count). The van der Waals surface area contributed by atoms with Crippen LogP contribution in [0.1, 0.15) is 24.5 Å². The molecular weight excluding hydrogens is 370 g/mol. The normalized spacial score (nSPS) is 13.4. The predicted molar refractivity (Wildman–Crippen MR) is 104 cm³/mol. The Morgan fingerprint density at radius 2 is 1.92 bits per heavy atom. The maximum Gasteiger partial charge on any atom is 0.234 e. The maximum absolute atomic E-state index is 12.2. The second-order valence-electron chi connectivity index (χ2n) is 6.20. The summed E-state index contributed by atoms with van der Waals surface area (Å²) < 4.78 is 23.9. The summed E-state index contributed by atoms with van der Waals surface area (Å²) in [4.78, 5) is 13.3. The van der Waals surface area contributed by atoms with Gasteiger partial charge >= 0.3 is 0 Å². The highest BCUT2D eigenvalue weighted by Gasteiger charge is 2.16. The van der Waals surface area contributed by atoms with Gasteiger partial charge in [0.1, 0.15) is 5.75 Å². The number of phenolic OH excluding ortho intramolecular Hbond substituents is 1. The summed E-state index contributed by atoms with van der Waals surface area (Å²) in [6.07, 6.45) is 3.39. The first kappa shape index (κ1) is 18.8. The minimum atomic E-state index is -3.40. The minimum Gasteiger partial charge on any atom is -0.506 e. The van der Waals surface area contributed by atoms with Gasteiger partial charge in [-0.05, 0) is 60.7 Å². The monoisotopic (exact) mass is 391 g/mol. The number of anilines is 1. The number of sulfone groups is 1. The molecule has 1 amide bonds. The molecule has 2 aromatic rings. The van der Waals surface area contributed by atoms with E-state index in [0.717, 1.165) is 17.7 Å². The second-order valence-corrected chi connectivity index (χ2v) is 9.53. The van der Waals surface area contributed by atoms with Crippen LogP contribution in [-0.4, -0.2) is 30.9 Å². The molecule has 5 nitrogen and oxygen atoms in total. The van der Waals surface area contributed by atoms with Gasteiger partial charge in [-0.2, -0.15) is 0 Å². The predicted octanol–water partition coefficient (Wildman–Crippen LogP) is 3.41.